The lowest BCUT2D eigenvalue weighted by molar-refractivity contribution is -0.137. The van der Waals surface area contributed by atoms with Gasteiger partial charge in [-0.2, -0.15) is 28.1 Å². The highest BCUT2D eigenvalue weighted by Crippen LogP contribution is 2.38. The number of aliphatic imine (C=N–C) groups is 1. The normalized spacial score (nSPS) is 15.3. The minimum absolute atomic E-state index is 0.190. The van der Waals surface area contributed by atoms with Crippen molar-refractivity contribution in [1.82, 2.24) is 24.8 Å². The Bertz CT molecular complexity index is 1240. The number of hydrogen-bond acceptors (Lipinski definition) is 8. The molecule has 1 aliphatic heterocycles. The van der Waals surface area contributed by atoms with Crippen molar-refractivity contribution in [2.45, 2.75) is 26.4 Å². The van der Waals surface area contributed by atoms with E-state index in [0.717, 1.165) is 44.4 Å². The van der Waals surface area contributed by atoms with Gasteiger partial charge in [0.15, 0.2) is 0 Å². The second kappa shape index (κ2) is 10.5. The first-order chi connectivity index (χ1) is 17.1. The molecule has 2 aromatic heterocycles. The third-order valence-electron chi connectivity index (χ3n) is 5.77. The van der Waals surface area contributed by atoms with Crippen molar-refractivity contribution in [3.05, 3.63) is 59.3 Å². The fraction of sp³-hybridized carbons (Fsp3) is 0.375. The maximum atomic E-state index is 14.2. The largest absolute Gasteiger partial charge is 0.418 e. The van der Waals surface area contributed by atoms with E-state index >= 15 is 0 Å². The predicted octanol–water partition coefficient (Wildman–Crippen LogP) is 4.62. The van der Waals surface area contributed by atoms with Gasteiger partial charge in [0.2, 0.25) is 11.9 Å². The number of aromatic nitrogens is 4. The molecule has 0 atom stereocenters. The number of rotatable bonds is 6. The van der Waals surface area contributed by atoms with Gasteiger partial charge in [-0.3, -0.25) is 0 Å². The summed E-state index contributed by atoms with van der Waals surface area (Å²) in [5.74, 6) is 0.982. The summed E-state index contributed by atoms with van der Waals surface area (Å²) in [6, 6.07) is 6.02. The number of pyridine rings is 1. The molecule has 1 saturated heterocycles. The molecule has 0 spiro atoms. The highest BCUT2D eigenvalue weighted by Gasteiger charge is 2.34. The van der Waals surface area contributed by atoms with Crippen LogP contribution < -0.4 is 10.2 Å². The molecule has 36 heavy (non-hydrogen) atoms. The molecule has 8 nitrogen and oxygen atoms in total. The van der Waals surface area contributed by atoms with Crippen LogP contribution in [-0.2, 0) is 12.6 Å². The van der Waals surface area contributed by atoms with Gasteiger partial charge in [-0.05, 0) is 38.2 Å². The van der Waals surface area contributed by atoms with E-state index in [1.807, 2.05) is 6.92 Å². The van der Waals surface area contributed by atoms with E-state index in [1.54, 1.807) is 12.1 Å². The molecule has 0 amide bonds. The van der Waals surface area contributed by atoms with Gasteiger partial charge >= 0.3 is 6.18 Å². The summed E-state index contributed by atoms with van der Waals surface area (Å²) in [5, 5.41) is 3.06. The molecule has 12 heteroatoms. The number of hydrogen-bond donors (Lipinski definition) is 1. The fourth-order valence-electron chi connectivity index (χ4n) is 3.66. The van der Waals surface area contributed by atoms with Gasteiger partial charge in [0.25, 0.3) is 0 Å². The van der Waals surface area contributed by atoms with E-state index in [0.29, 0.717) is 35.5 Å². The first-order valence-electron chi connectivity index (χ1n) is 11.5. The van der Waals surface area contributed by atoms with Gasteiger partial charge in [-0.25, -0.2) is 14.4 Å². The fourth-order valence-corrected chi connectivity index (χ4v) is 3.66. The number of alkyl halides is 3. The second-order valence-electron chi connectivity index (χ2n) is 8.41. The Morgan fingerprint density at radius 3 is 2.44 bits per heavy atom. The van der Waals surface area contributed by atoms with Crippen molar-refractivity contribution in [2.24, 2.45) is 4.99 Å². The number of anilines is 3. The molecule has 0 radical (unpaired) electrons. The zero-order chi connectivity index (χ0) is 25.9. The minimum atomic E-state index is -4.72. The third kappa shape index (κ3) is 5.93. The number of nitrogens with one attached hydrogen (secondary N) is 1. The standard InChI is InChI=1S/C24H26F4N8/c1-4-19-31-22(34-23(33-19)36-12-10-35(3)11-13-36)32-20-9-8-16(14-29-20)15(2)30-21-17(24(26,27)28)6-5-7-18(21)25/h5-9,14H,4,10-13H2,1-3H3,(H,29,31,32,33,34). The van der Waals surface area contributed by atoms with Gasteiger partial charge in [0.05, 0.1) is 5.56 Å². The van der Waals surface area contributed by atoms with Crippen molar-refractivity contribution in [3.8, 4) is 0 Å². The van der Waals surface area contributed by atoms with Gasteiger partial charge in [-0.1, -0.05) is 13.0 Å². The summed E-state index contributed by atoms with van der Waals surface area (Å²) in [7, 11) is 2.07. The van der Waals surface area contributed by atoms with Crippen LogP contribution in [0, 0.1) is 5.82 Å². The minimum Gasteiger partial charge on any atom is -0.338 e. The molecule has 0 bridgehead atoms. The summed E-state index contributed by atoms with van der Waals surface area (Å²) >= 11 is 0. The smallest absolute Gasteiger partial charge is 0.338 e. The Kier molecular flexibility index (Phi) is 7.43. The van der Waals surface area contributed by atoms with E-state index in [2.05, 4.69) is 47.1 Å². The van der Waals surface area contributed by atoms with Crippen molar-refractivity contribution in [3.63, 3.8) is 0 Å². The Balaban J connectivity index is 1.54. The van der Waals surface area contributed by atoms with E-state index in [4.69, 9.17) is 0 Å². The monoisotopic (exact) mass is 502 g/mol. The summed E-state index contributed by atoms with van der Waals surface area (Å²) in [5.41, 5.74) is -1.25. The van der Waals surface area contributed by atoms with Crippen LogP contribution in [0.4, 0.5) is 41.0 Å². The molecule has 4 rings (SSSR count). The van der Waals surface area contributed by atoms with Crippen LogP contribution in [-0.4, -0.2) is 63.8 Å². The number of nitrogens with zero attached hydrogens (tertiary/aromatic N) is 7. The topological polar surface area (TPSA) is 82.4 Å². The number of likely N-dealkylation sites (N-methyl/N-ethyl adjacent to an activating group) is 1. The number of benzene rings is 1. The number of aryl methyl sites for hydroxylation is 1. The summed E-state index contributed by atoms with van der Waals surface area (Å²) in [4.78, 5) is 26.1. The molecule has 0 aliphatic carbocycles. The first kappa shape index (κ1) is 25.4. The molecule has 1 N–H and O–H groups in total. The second-order valence-corrected chi connectivity index (χ2v) is 8.41. The molecule has 0 saturated carbocycles. The molecule has 1 aromatic carbocycles. The first-order valence-corrected chi connectivity index (χ1v) is 11.5. The Hall–Kier alpha value is -3.67. The molecular formula is C24H26F4N8. The summed E-state index contributed by atoms with van der Waals surface area (Å²) in [6.07, 6.45) is -2.65. The van der Waals surface area contributed by atoms with Crippen LogP contribution in [0.3, 0.4) is 0 Å². The van der Waals surface area contributed by atoms with Crippen LogP contribution >= 0.6 is 0 Å². The quantitative estimate of drug-likeness (QED) is 0.389. The van der Waals surface area contributed by atoms with Crippen LogP contribution in [0.25, 0.3) is 0 Å². The van der Waals surface area contributed by atoms with E-state index in [-0.39, 0.29) is 5.71 Å². The van der Waals surface area contributed by atoms with E-state index < -0.39 is 23.2 Å². The lowest BCUT2D eigenvalue weighted by Crippen LogP contribution is -2.45. The SMILES string of the molecule is CCc1nc(Nc2ccc(C(C)=Nc3c(F)cccc3C(F)(F)F)cn2)nc(N2CCN(C)CC2)n1. The molecule has 1 fully saturated rings. The zero-order valence-corrected chi connectivity index (χ0v) is 20.1. The van der Waals surface area contributed by atoms with E-state index in [9.17, 15) is 17.6 Å². The Morgan fingerprint density at radius 1 is 1.06 bits per heavy atom. The average molecular weight is 503 g/mol. The van der Waals surface area contributed by atoms with Gasteiger partial charge < -0.3 is 15.1 Å². The lowest BCUT2D eigenvalue weighted by atomic mass is 10.1. The maximum Gasteiger partial charge on any atom is 0.418 e. The van der Waals surface area contributed by atoms with Crippen LogP contribution in [0.1, 0.15) is 30.8 Å². The van der Waals surface area contributed by atoms with Crippen molar-refractivity contribution >= 4 is 29.1 Å². The molecular weight excluding hydrogens is 476 g/mol. The van der Waals surface area contributed by atoms with E-state index in [1.165, 1.54) is 13.1 Å². The number of halogens is 4. The van der Waals surface area contributed by atoms with Crippen LogP contribution in [0.15, 0.2) is 41.5 Å². The van der Waals surface area contributed by atoms with Crippen LogP contribution in [0.2, 0.25) is 0 Å². The molecule has 3 aromatic rings. The maximum absolute atomic E-state index is 14.2. The molecule has 0 unspecified atom stereocenters. The van der Waals surface area contributed by atoms with Crippen LogP contribution in [0.5, 0.6) is 0 Å². The van der Waals surface area contributed by atoms with Crippen molar-refractivity contribution in [1.29, 1.82) is 0 Å². The Labute approximate surface area is 206 Å². The predicted molar refractivity (Wildman–Crippen MR) is 130 cm³/mol. The van der Waals surface area contributed by atoms with Gasteiger partial charge in [0, 0.05) is 50.1 Å². The molecule has 1 aliphatic rings. The van der Waals surface area contributed by atoms with Crippen molar-refractivity contribution < 1.29 is 17.6 Å². The summed E-state index contributed by atoms with van der Waals surface area (Å²) in [6.45, 7) is 6.91. The summed E-state index contributed by atoms with van der Waals surface area (Å²) < 4.78 is 54.0. The van der Waals surface area contributed by atoms with Crippen molar-refractivity contribution in [2.75, 3.05) is 43.4 Å². The number of piperazine rings is 1. The number of para-hydroxylation sites is 1. The molecule has 190 valence electrons. The Morgan fingerprint density at radius 2 is 1.81 bits per heavy atom. The van der Waals surface area contributed by atoms with Gasteiger partial charge in [-0.15, -0.1) is 0 Å². The average Bonchev–Trinajstić information content (AvgIpc) is 2.85. The zero-order valence-electron chi connectivity index (χ0n) is 20.1. The lowest BCUT2D eigenvalue weighted by Gasteiger charge is -2.32. The highest BCUT2D eigenvalue weighted by molar-refractivity contribution is 6.00. The third-order valence-corrected chi connectivity index (χ3v) is 5.77. The van der Waals surface area contributed by atoms with Gasteiger partial charge in [0.1, 0.15) is 23.1 Å². The molecule has 3 heterocycles. The highest BCUT2D eigenvalue weighted by atomic mass is 19.4.